The van der Waals surface area contributed by atoms with E-state index in [0.717, 1.165) is 25.3 Å². The van der Waals surface area contributed by atoms with E-state index in [1.807, 2.05) is 0 Å². The van der Waals surface area contributed by atoms with Crippen molar-refractivity contribution in [3.8, 4) is 0 Å². The van der Waals surface area contributed by atoms with Gasteiger partial charge in [-0.2, -0.15) is 4.39 Å². The fourth-order valence-corrected chi connectivity index (χ4v) is 6.20. The first-order chi connectivity index (χ1) is 18.1. The third-order valence-electron chi connectivity index (χ3n) is 6.87. The average molecular weight is 547 g/mol. The van der Waals surface area contributed by atoms with Crippen LogP contribution in [0.2, 0.25) is 0 Å². The molecular weight excluding hydrogens is 517 g/mol. The molecule has 5 rings (SSSR count). The van der Waals surface area contributed by atoms with Gasteiger partial charge in [-0.15, -0.1) is 0 Å². The summed E-state index contributed by atoms with van der Waals surface area (Å²) in [5.74, 6) is -3.06. The molecule has 202 valence electrons. The van der Waals surface area contributed by atoms with E-state index in [4.69, 9.17) is 4.74 Å². The summed E-state index contributed by atoms with van der Waals surface area (Å²) in [6, 6.07) is 12.1. The topological polar surface area (TPSA) is 84.4 Å². The van der Waals surface area contributed by atoms with Crippen LogP contribution in [0, 0.1) is 11.7 Å². The Kier molecular flexibility index (Phi) is 7.32. The van der Waals surface area contributed by atoms with E-state index >= 15 is 4.39 Å². The highest BCUT2D eigenvalue weighted by Crippen LogP contribution is 2.34. The molecule has 38 heavy (non-hydrogen) atoms. The highest BCUT2D eigenvalue weighted by molar-refractivity contribution is 7.91. The molecule has 0 bridgehead atoms. The number of aromatic nitrogens is 2. The molecule has 1 aliphatic heterocycles. The summed E-state index contributed by atoms with van der Waals surface area (Å²) >= 11 is 0. The lowest BCUT2D eigenvalue weighted by molar-refractivity contribution is 0.0174. The molecule has 0 radical (unpaired) electrons. The smallest absolute Gasteiger partial charge is 0.270 e. The molecule has 2 aliphatic rings. The summed E-state index contributed by atoms with van der Waals surface area (Å²) < 4.78 is 73.4. The van der Waals surface area contributed by atoms with E-state index in [2.05, 4.69) is 15.3 Å². The first-order valence-electron chi connectivity index (χ1n) is 12.5. The number of benzene rings is 2. The fourth-order valence-electron chi connectivity index (χ4n) is 4.51. The Balaban J connectivity index is 1.30. The van der Waals surface area contributed by atoms with E-state index in [1.165, 1.54) is 18.5 Å². The predicted molar refractivity (Wildman–Crippen MR) is 137 cm³/mol. The van der Waals surface area contributed by atoms with Crippen molar-refractivity contribution < 1.29 is 26.3 Å². The van der Waals surface area contributed by atoms with Crippen LogP contribution in [0.25, 0.3) is 0 Å². The molecule has 1 atom stereocenters. The van der Waals surface area contributed by atoms with Gasteiger partial charge in [-0.05, 0) is 42.0 Å². The molecule has 0 spiro atoms. The zero-order chi connectivity index (χ0) is 26.9. The van der Waals surface area contributed by atoms with Gasteiger partial charge >= 0.3 is 0 Å². The molecule has 1 aliphatic carbocycles. The number of morpholine rings is 1. The van der Waals surface area contributed by atoms with Gasteiger partial charge in [0.25, 0.3) is 5.92 Å². The maximum atomic E-state index is 15.6. The van der Waals surface area contributed by atoms with Crippen molar-refractivity contribution in [2.75, 3.05) is 35.7 Å². The van der Waals surface area contributed by atoms with Crippen LogP contribution in [0.15, 0.2) is 59.8 Å². The maximum absolute atomic E-state index is 15.6. The van der Waals surface area contributed by atoms with Crippen molar-refractivity contribution in [3.05, 3.63) is 77.4 Å². The van der Waals surface area contributed by atoms with Crippen molar-refractivity contribution in [2.45, 2.75) is 43.2 Å². The van der Waals surface area contributed by atoms with Crippen LogP contribution in [0.1, 0.15) is 42.5 Å². The molecule has 0 amide bonds. The van der Waals surface area contributed by atoms with Gasteiger partial charge in [0.15, 0.2) is 21.5 Å². The number of alkyl halides is 2. The average Bonchev–Trinajstić information content (AvgIpc) is 3.71. The minimum atomic E-state index is -3.30. The maximum Gasteiger partial charge on any atom is 0.270 e. The van der Waals surface area contributed by atoms with Gasteiger partial charge < -0.3 is 15.0 Å². The molecule has 2 aromatic carbocycles. The van der Waals surface area contributed by atoms with Crippen LogP contribution in [0.5, 0.6) is 0 Å². The lowest BCUT2D eigenvalue weighted by Gasteiger charge is -2.37. The van der Waals surface area contributed by atoms with E-state index < -0.39 is 27.6 Å². The minimum Gasteiger partial charge on any atom is -0.377 e. The molecule has 1 unspecified atom stereocenters. The Hall–Kier alpha value is -3.18. The van der Waals surface area contributed by atoms with Crippen LogP contribution < -0.4 is 10.2 Å². The Morgan fingerprint density at radius 1 is 1.08 bits per heavy atom. The molecule has 1 saturated carbocycles. The number of hydrogen-bond donors (Lipinski definition) is 1. The zero-order valence-corrected chi connectivity index (χ0v) is 21.7. The minimum absolute atomic E-state index is 0.00615. The van der Waals surface area contributed by atoms with Crippen molar-refractivity contribution in [3.63, 3.8) is 0 Å². The summed E-state index contributed by atoms with van der Waals surface area (Å²) in [5.41, 5.74) is 1.38. The van der Waals surface area contributed by atoms with Crippen LogP contribution in [0.4, 0.5) is 24.8 Å². The molecular formula is C27H29F3N4O3S. The second kappa shape index (κ2) is 10.5. The second-order valence-electron chi connectivity index (χ2n) is 9.88. The number of anilines is 2. The van der Waals surface area contributed by atoms with E-state index in [0.29, 0.717) is 18.7 Å². The molecule has 2 heterocycles. The fraction of sp³-hybridized carbons (Fsp3) is 0.407. The molecule has 11 heteroatoms. The molecule has 7 nitrogen and oxygen atoms in total. The summed E-state index contributed by atoms with van der Waals surface area (Å²) in [7, 11) is -3.30. The van der Waals surface area contributed by atoms with Gasteiger partial charge in [-0.25, -0.2) is 27.2 Å². The quantitative estimate of drug-likeness (QED) is 0.400. The predicted octanol–water partition coefficient (Wildman–Crippen LogP) is 5.10. The first-order valence-corrected chi connectivity index (χ1v) is 14.2. The van der Waals surface area contributed by atoms with E-state index in [1.54, 1.807) is 41.3 Å². The van der Waals surface area contributed by atoms with Crippen molar-refractivity contribution in [2.24, 2.45) is 5.92 Å². The van der Waals surface area contributed by atoms with E-state index in [-0.39, 0.29) is 46.9 Å². The molecule has 1 aromatic heterocycles. The third-order valence-corrected chi connectivity index (χ3v) is 8.77. The standard InChI is InChI=1S/C27H29F3N4O3S/c1-27(29,30)21-8-6-20(7-9-21)23-15-37-13-12-34(23)26-24(28)25(32-17-33-26)31-14-18-4-10-22(11-5-18)38(35,36)16-19-2-3-19/h4-11,17,19,23H,2-3,12-16H2,1H3,(H,31,32,33). The lowest BCUT2D eigenvalue weighted by atomic mass is 10.0. The lowest BCUT2D eigenvalue weighted by Crippen LogP contribution is -2.40. The van der Waals surface area contributed by atoms with Crippen LogP contribution in [0.3, 0.4) is 0 Å². The third kappa shape index (κ3) is 5.94. The summed E-state index contributed by atoms with van der Waals surface area (Å²) in [6.07, 6.45) is 3.19. The number of halogens is 3. The molecule has 2 fully saturated rings. The largest absolute Gasteiger partial charge is 0.377 e. The molecule has 1 saturated heterocycles. The number of nitrogens with one attached hydrogen (secondary N) is 1. The normalized spacial score (nSPS) is 18.4. The SMILES string of the molecule is CC(F)(F)c1ccc(C2COCCN2c2ncnc(NCc3ccc(S(=O)(=O)CC4CC4)cc3)c2F)cc1. The summed E-state index contributed by atoms with van der Waals surface area (Å²) in [5, 5.41) is 2.97. The van der Waals surface area contributed by atoms with Gasteiger partial charge in [0.05, 0.1) is 29.9 Å². The van der Waals surface area contributed by atoms with E-state index in [9.17, 15) is 17.2 Å². The summed E-state index contributed by atoms with van der Waals surface area (Å²) in [4.78, 5) is 10.3. The number of nitrogens with zero attached hydrogens (tertiary/aromatic N) is 3. The second-order valence-corrected chi connectivity index (χ2v) is 11.9. The summed E-state index contributed by atoms with van der Waals surface area (Å²) in [6.45, 7) is 2.05. The Morgan fingerprint density at radius 2 is 1.79 bits per heavy atom. The number of ether oxygens (including phenoxy) is 1. The highest BCUT2D eigenvalue weighted by Gasteiger charge is 2.31. The van der Waals surface area contributed by atoms with Gasteiger partial charge in [-0.3, -0.25) is 0 Å². The van der Waals surface area contributed by atoms with Crippen molar-refractivity contribution in [1.82, 2.24) is 9.97 Å². The first kappa shape index (κ1) is 26.4. The van der Waals surface area contributed by atoms with Gasteiger partial charge in [0.2, 0.25) is 5.82 Å². The van der Waals surface area contributed by atoms with Crippen LogP contribution in [-0.2, 0) is 27.0 Å². The monoisotopic (exact) mass is 546 g/mol. The Morgan fingerprint density at radius 3 is 2.45 bits per heavy atom. The van der Waals surface area contributed by atoms with Crippen LogP contribution in [-0.4, -0.2) is 43.9 Å². The van der Waals surface area contributed by atoms with Crippen molar-refractivity contribution in [1.29, 1.82) is 0 Å². The zero-order valence-electron chi connectivity index (χ0n) is 20.9. The number of sulfone groups is 1. The number of hydrogen-bond acceptors (Lipinski definition) is 7. The Bertz CT molecular complexity index is 1380. The molecule has 3 aromatic rings. The Labute approximate surface area is 220 Å². The number of rotatable bonds is 9. The highest BCUT2D eigenvalue weighted by atomic mass is 32.2. The van der Waals surface area contributed by atoms with Crippen molar-refractivity contribution >= 4 is 21.5 Å². The molecule has 1 N–H and O–H groups in total. The van der Waals surface area contributed by atoms with Crippen LogP contribution >= 0.6 is 0 Å². The van der Waals surface area contributed by atoms with Gasteiger partial charge in [0, 0.05) is 25.6 Å². The van der Waals surface area contributed by atoms with Gasteiger partial charge in [0.1, 0.15) is 6.33 Å². The van der Waals surface area contributed by atoms with Gasteiger partial charge in [-0.1, -0.05) is 36.4 Å².